The van der Waals surface area contributed by atoms with Gasteiger partial charge in [0.2, 0.25) is 0 Å². The third-order valence-corrected chi connectivity index (χ3v) is 1.24. The average Bonchev–Trinajstić information content (AvgIpc) is 1.62. The van der Waals surface area contributed by atoms with Crippen LogP contribution in [-0.2, 0) is 19.5 Å². The molecule has 0 aromatic carbocycles. The van der Waals surface area contributed by atoms with Crippen LogP contribution in [0, 0.1) is 6.08 Å². The van der Waals surface area contributed by atoms with Crippen LogP contribution < -0.4 is 24.8 Å². The normalized spacial score (nSPS) is 17.5. The second-order valence-corrected chi connectivity index (χ2v) is 2.00. The third-order valence-electron chi connectivity index (χ3n) is 1.24. The monoisotopic (exact) mass is 280 g/mol. The maximum Gasteiger partial charge on any atom is 3.00 e. The molecule has 0 aromatic rings. The van der Waals surface area contributed by atoms with E-state index in [1.807, 2.05) is 0 Å². The molecule has 0 amide bonds. The molecule has 0 unspecified atom stereocenters. The zero-order chi connectivity index (χ0) is 5.66. The first kappa shape index (κ1) is 17.7. The predicted molar refractivity (Wildman–Crippen MR) is 35.4 cm³/mol. The van der Waals surface area contributed by atoms with E-state index in [9.17, 15) is 0 Å². The van der Waals surface area contributed by atoms with Crippen molar-refractivity contribution < 1.29 is 44.3 Å². The number of allylic oxidation sites excluding steroid dienone is 4. The summed E-state index contributed by atoms with van der Waals surface area (Å²) >= 11 is 0. The Balaban J connectivity index is -0.000000213. The zero-order valence-corrected chi connectivity index (χ0v) is 9.30. The van der Waals surface area contributed by atoms with Crippen LogP contribution in [0.4, 0.5) is 0 Å². The van der Waals surface area contributed by atoms with Crippen molar-refractivity contribution in [1.29, 1.82) is 0 Å². The summed E-state index contributed by atoms with van der Waals surface area (Å²) in [5.41, 5.74) is 0. The van der Waals surface area contributed by atoms with Crippen LogP contribution in [0.1, 0.15) is 25.7 Å². The first-order valence-corrected chi connectivity index (χ1v) is 3.20. The van der Waals surface area contributed by atoms with Crippen molar-refractivity contribution >= 4 is 0 Å². The van der Waals surface area contributed by atoms with Crippen LogP contribution in [0.5, 0.6) is 0 Å². The average molecular weight is 281 g/mol. The van der Waals surface area contributed by atoms with Gasteiger partial charge < -0.3 is 30.9 Å². The fourth-order valence-corrected chi connectivity index (χ4v) is 0.786. The van der Waals surface area contributed by atoms with Gasteiger partial charge in [0.25, 0.3) is 0 Å². The Labute approximate surface area is 94.1 Å². The van der Waals surface area contributed by atoms with Crippen LogP contribution in [0.3, 0.4) is 0 Å². The van der Waals surface area contributed by atoms with E-state index >= 15 is 0 Å². The minimum atomic E-state index is 0. The topological polar surface area (TPSA) is 0 Å². The van der Waals surface area contributed by atoms with Gasteiger partial charge in [0, 0.05) is 0 Å². The first-order chi connectivity index (χ1) is 4.00. The summed E-state index contributed by atoms with van der Waals surface area (Å²) in [6, 6.07) is 0. The van der Waals surface area contributed by atoms with E-state index in [2.05, 4.69) is 24.3 Å². The molecule has 0 bridgehead atoms. The smallest absolute Gasteiger partial charge is 1.00 e. The van der Waals surface area contributed by atoms with Crippen molar-refractivity contribution in [1.82, 2.24) is 0 Å². The van der Waals surface area contributed by atoms with Gasteiger partial charge in [0.05, 0.1) is 0 Å². The summed E-state index contributed by atoms with van der Waals surface area (Å²) in [6.45, 7) is 0. The summed E-state index contributed by atoms with van der Waals surface area (Å²) in [4.78, 5) is 0. The molecular formula is C8H11Cl2Rh. The van der Waals surface area contributed by atoms with Gasteiger partial charge in [-0.2, -0.15) is 6.42 Å². The molecule has 1 rings (SSSR count). The van der Waals surface area contributed by atoms with Crippen LogP contribution >= 0.6 is 0 Å². The van der Waals surface area contributed by atoms with Crippen molar-refractivity contribution in [2.45, 2.75) is 25.7 Å². The maximum absolute atomic E-state index is 3.21. The minimum Gasteiger partial charge on any atom is -1.00 e. The summed E-state index contributed by atoms with van der Waals surface area (Å²) < 4.78 is 0. The van der Waals surface area contributed by atoms with Crippen LogP contribution in [0.15, 0.2) is 18.2 Å². The Morgan fingerprint density at radius 1 is 0.909 bits per heavy atom. The van der Waals surface area contributed by atoms with Gasteiger partial charge in [0.1, 0.15) is 0 Å². The Bertz CT molecular complexity index is 84.7. The second-order valence-electron chi connectivity index (χ2n) is 2.00. The van der Waals surface area contributed by atoms with Crippen molar-refractivity contribution in [2.24, 2.45) is 0 Å². The Kier molecular flexibility index (Phi) is 21.4. The molecule has 0 fully saturated rings. The molecular weight excluding hydrogens is 270 g/mol. The number of rotatable bonds is 0. The molecule has 0 spiro atoms. The zero-order valence-electron chi connectivity index (χ0n) is 6.15. The van der Waals surface area contributed by atoms with E-state index in [0.29, 0.717) is 0 Å². The molecule has 1 aliphatic carbocycles. The van der Waals surface area contributed by atoms with Crippen molar-refractivity contribution in [2.75, 3.05) is 0 Å². The Hall–Kier alpha value is 0.683. The summed E-state index contributed by atoms with van der Waals surface area (Å²) in [6.07, 6.45) is 14.5. The largest absolute Gasteiger partial charge is 3.00 e. The van der Waals surface area contributed by atoms with E-state index in [0.717, 1.165) is 6.42 Å². The number of halogens is 2. The second kappa shape index (κ2) is 13.3. The SMILES string of the molecule is [C-]1=CCC/C=C\CC1.[Cl-].[Cl-].[Rh+3]. The van der Waals surface area contributed by atoms with Crippen molar-refractivity contribution in [3.05, 3.63) is 24.3 Å². The fourth-order valence-electron chi connectivity index (χ4n) is 0.786. The molecule has 0 saturated heterocycles. The van der Waals surface area contributed by atoms with Crippen LogP contribution in [0.2, 0.25) is 0 Å². The van der Waals surface area contributed by atoms with E-state index in [-0.39, 0.29) is 44.3 Å². The molecule has 66 valence electrons. The standard InChI is InChI=1S/C8H11.2ClH.Rh/c1-2-4-6-8-7-5-3-1;;;/h1-2,7H,3-6H2;2*1H;/q-1;;;+3/p-2/b2-1-;;;. The van der Waals surface area contributed by atoms with E-state index < -0.39 is 0 Å². The first-order valence-electron chi connectivity index (χ1n) is 3.20. The predicted octanol–water partition coefficient (Wildman–Crippen LogP) is -3.52. The third kappa shape index (κ3) is 10.7. The molecule has 3 heteroatoms. The number of hydrogen-bond acceptors (Lipinski definition) is 0. The van der Waals surface area contributed by atoms with E-state index in [4.69, 9.17) is 0 Å². The van der Waals surface area contributed by atoms with Gasteiger partial charge in [-0.3, -0.25) is 6.08 Å². The molecule has 0 aromatic heterocycles. The molecule has 11 heavy (non-hydrogen) atoms. The fraction of sp³-hybridized carbons (Fsp3) is 0.500. The molecule has 0 N–H and O–H groups in total. The van der Waals surface area contributed by atoms with Gasteiger partial charge in [0.15, 0.2) is 0 Å². The van der Waals surface area contributed by atoms with Gasteiger partial charge in [-0.25, -0.2) is 0 Å². The molecule has 0 aliphatic heterocycles. The molecule has 0 nitrogen and oxygen atoms in total. The summed E-state index contributed by atoms with van der Waals surface area (Å²) in [5, 5.41) is 0. The molecule has 0 saturated carbocycles. The Morgan fingerprint density at radius 2 is 1.55 bits per heavy atom. The molecule has 0 atom stereocenters. The Morgan fingerprint density at radius 3 is 2.27 bits per heavy atom. The minimum absolute atomic E-state index is 0. The van der Waals surface area contributed by atoms with Gasteiger partial charge >= 0.3 is 19.5 Å². The van der Waals surface area contributed by atoms with Gasteiger partial charge in [-0.1, -0.05) is 25.0 Å². The summed E-state index contributed by atoms with van der Waals surface area (Å²) in [5.74, 6) is 0. The maximum atomic E-state index is 3.21. The van der Waals surface area contributed by atoms with Crippen LogP contribution in [0.25, 0.3) is 0 Å². The van der Waals surface area contributed by atoms with Gasteiger partial charge in [-0.05, 0) is 6.42 Å². The molecule has 1 aliphatic rings. The number of hydrogen-bond donors (Lipinski definition) is 0. The van der Waals surface area contributed by atoms with E-state index in [1.54, 1.807) is 0 Å². The molecule has 0 heterocycles. The van der Waals surface area contributed by atoms with E-state index in [1.165, 1.54) is 19.3 Å². The van der Waals surface area contributed by atoms with Crippen molar-refractivity contribution in [3.63, 3.8) is 0 Å². The molecule has 0 radical (unpaired) electrons. The van der Waals surface area contributed by atoms with Crippen LogP contribution in [-0.4, -0.2) is 0 Å². The van der Waals surface area contributed by atoms with Gasteiger partial charge in [-0.15, -0.1) is 0 Å². The summed E-state index contributed by atoms with van der Waals surface area (Å²) in [7, 11) is 0. The quantitative estimate of drug-likeness (QED) is 0.245. The van der Waals surface area contributed by atoms with Crippen molar-refractivity contribution in [3.8, 4) is 0 Å².